The number of carboxylic acid groups (broad SMARTS) is 1. The Bertz CT molecular complexity index is 613. The molecule has 0 bridgehead atoms. The van der Waals surface area contributed by atoms with Crippen molar-refractivity contribution < 1.29 is 43.7 Å². The summed E-state index contributed by atoms with van der Waals surface area (Å²) >= 11 is 0. The van der Waals surface area contributed by atoms with Crippen molar-refractivity contribution in [3.05, 3.63) is 11.5 Å². The number of H-pyrrole nitrogens is 1. The number of ether oxygens (including phenoxy) is 1. The normalized spacial score (nSPS) is 28.9. The first-order valence-electron chi connectivity index (χ1n) is 5.90. The van der Waals surface area contributed by atoms with E-state index in [0.29, 0.717) is 0 Å². The zero-order valence-electron chi connectivity index (χ0n) is 10.9. The van der Waals surface area contributed by atoms with Crippen molar-refractivity contribution >= 4 is 19.6 Å². The lowest BCUT2D eigenvalue weighted by molar-refractivity contribution is -0.0246. The van der Waals surface area contributed by atoms with Gasteiger partial charge >= 0.3 is 13.8 Å². The van der Waals surface area contributed by atoms with E-state index >= 15 is 0 Å². The number of hydrogen-bond acceptors (Lipinski definition) is 8. The molecule has 13 heteroatoms. The molecule has 12 nitrogen and oxygen atoms in total. The maximum absolute atomic E-state index is 10.9. The van der Waals surface area contributed by atoms with Crippen LogP contribution < -0.4 is 5.73 Å². The lowest BCUT2D eigenvalue weighted by Gasteiger charge is -2.14. The van der Waals surface area contributed by atoms with Crippen molar-refractivity contribution in [2.24, 2.45) is 0 Å². The van der Waals surface area contributed by atoms with Crippen LogP contribution in [0.5, 0.6) is 0 Å². The van der Waals surface area contributed by atoms with Gasteiger partial charge in [-0.3, -0.25) is 4.52 Å². The minimum Gasteiger partial charge on any atom is -0.476 e. The highest BCUT2D eigenvalue weighted by Gasteiger charge is 2.46. The topological polar surface area (TPSA) is 208 Å². The second kappa shape index (κ2) is 5.93. The molecule has 0 spiro atoms. The van der Waals surface area contributed by atoms with E-state index in [-0.39, 0.29) is 11.6 Å². The second-order valence-corrected chi connectivity index (χ2v) is 5.79. The Balaban J connectivity index is 2.14. The van der Waals surface area contributed by atoms with Gasteiger partial charge in [0, 0.05) is 0 Å². The van der Waals surface area contributed by atoms with Gasteiger partial charge in [-0.15, -0.1) is 0 Å². The molecule has 124 valence electrons. The Morgan fingerprint density at radius 2 is 2.05 bits per heavy atom. The Labute approximate surface area is 122 Å². The molecule has 2 rings (SSSR count). The smallest absolute Gasteiger partial charge is 0.469 e. The summed E-state index contributed by atoms with van der Waals surface area (Å²) in [4.78, 5) is 34.1. The van der Waals surface area contributed by atoms with Crippen LogP contribution in [0.4, 0.5) is 5.82 Å². The molecule has 1 saturated heterocycles. The van der Waals surface area contributed by atoms with E-state index in [9.17, 15) is 19.6 Å². The summed E-state index contributed by atoms with van der Waals surface area (Å²) in [6.45, 7) is -0.680. The molecule has 0 amide bonds. The predicted molar refractivity (Wildman–Crippen MR) is 67.6 cm³/mol. The number of carboxylic acids is 1. The van der Waals surface area contributed by atoms with Crippen molar-refractivity contribution in [1.82, 2.24) is 9.97 Å². The molecule has 1 aliphatic rings. The Hall–Kier alpha value is -1.53. The van der Waals surface area contributed by atoms with Gasteiger partial charge < -0.3 is 40.6 Å². The zero-order valence-corrected chi connectivity index (χ0v) is 11.8. The first-order valence-corrected chi connectivity index (χ1v) is 7.43. The molecular weight excluding hydrogens is 325 g/mol. The van der Waals surface area contributed by atoms with Gasteiger partial charge in [0.15, 0.2) is 11.5 Å². The molecule has 0 saturated carbocycles. The Morgan fingerprint density at radius 3 is 2.55 bits per heavy atom. The Kier molecular flexibility index (Phi) is 4.54. The maximum Gasteiger partial charge on any atom is 0.469 e. The number of aliphatic hydroxyl groups excluding tert-OH is 2. The minimum atomic E-state index is -4.77. The number of nitrogens with one attached hydrogen (secondary N) is 1. The molecule has 1 aromatic heterocycles. The van der Waals surface area contributed by atoms with Gasteiger partial charge in [0.1, 0.15) is 30.2 Å². The average Bonchev–Trinajstić information content (AvgIpc) is 2.90. The number of rotatable bonds is 5. The van der Waals surface area contributed by atoms with Gasteiger partial charge in [-0.25, -0.2) is 14.3 Å². The first kappa shape index (κ1) is 16.8. The number of nitrogens with zero attached hydrogens (tertiary/aromatic N) is 1. The number of aromatic nitrogens is 2. The third kappa shape index (κ3) is 3.44. The molecule has 2 heterocycles. The second-order valence-electron chi connectivity index (χ2n) is 4.55. The average molecular weight is 339 g/mol. The number of nitrogens with two attached hydrogens (primary N) is 1. The molecule has 0 radical (unpaired) electrons. The maximum atomic E-state index is 10.9. The number of aromatic amines is 1. The summed E-state index contributed by atoms with van der Waals surface area (Å²) in [5.74, 6) is -1.84. The third-order valence-electron chi connectivity index (χ3n) is 3.00. The summed E-state index contributed by atoms with van der Waals surface area (Å²) in [6, 6.07) is 0. The molecule has 8 N–H and O–H groups in total. The van der Waals surface area contributed by atoms with E-state index in [1.54, 1.807) is 0 Å². The van der Waals surface area contributed by atoms with E-state index in [2.05, 4.69) is 14.5 Å². The number of nitrogen functional groups attached to an aromatic ring is 1. The largest absolute Gasteiger partial charge is 0.476 e. The van der Waals surface area contributed by atoms with Crippen molar-refractivity contribution in [2.45, 2.75) is 24.4 Å². The van der Waals surface area contributed by atoms with Gasteiger partial charge in [-0.05, 0) is 0 Å². The third-order valence-corrected chi connectivity index (χ3v) is 3.49. The van der Waals surface area contributed by atoms with E-state index in [0.717, 1.165) is 0 Å². The highest BCUT2D eigenvalue weighted by Crippen LogP contribution is 2.39. The van der Waals surface area contributed by atoms with Gasteiger partial charge in [-0.1, -0.05) is 0 Å². The van der Waals surface area contributed by atoms with Crippen LogP contribution in [-0.4, -0.2) is 66.0 Å². The fourth-order valence-electron chi connectivity index (χ4n) is 1.99. The SMILES string of the molecule is Nc1nc(C2O[C@H](COP(=O)(O)O)[C@@H](O)[C@H]2O)[nH]c1C(=O)O. The van der Waals surface area contributed by atoms with Gasteiger partial charge in [0.25, 0.3) is 0 Å². The summed E-state index contributed by atoms with van der Waals surface area (Å²) < 4.78 is 20.0. The monoisotopic (exact) mass is 339 g/mol. The molecular formula is C9H14N3O9P. The lowest BCUT2D eigenvalue weighted by Crippen LogP contribution is -2.33. The van der Waals surface area contributed by atoms with Gasteiger partial charge in [0.05, 0.1) is 6.61 Å². The summed E-state index contributed by atoms with van der Waals surface area (Å²) in [6.07, 6.45) is -5.53. The van der Waals surface area contributed by atoms with Crippen molar-refractivity contribution in [3.8, 4) is 0 Å². The summed E-state index contributed by atoms with van der Waals surface area (Å²) in [7, 11) is -4.77. The molecule has 1 unspecified atom stereocenters. The van der Waals surface area contributed by atoms with E-state index in [4.69, 9.17) is 25.4 Å². The van der Waals surface area contributed by atoms with Gasteiger partial charge in [0.2, 0.25) is 0 Å². The molecule has 1 aliphatic heterocycles. The zero-order chi connectivity index (χ0) is 16.7. The molecule has 0 aromatic carbocycles. The number of phosphoric ester groups is 1. The quantitative estimate of drug-likeness (QED) is 0.290. The van der Waals surface area contributed by atoms with Crippen molar-refractivity contribution in [3.63, 3.8) is 0 Å². The minimum absolute atomic E-state index is 0.139. The summed E-state index contributed by atoms with van der Waals surface area (Å²) in [5, 5.41) is 28.5. The van der Waals surface area contributed by atoms with Crippen LogP contribution in [0, 0.1) is 0 Å². The van der Waals surface area contributed by atoms with E-state index in [1.165, 1.54) is 0 Å². The van der Waals surface area contributed by atoms with Crippen LogP contribution in [0.1, 0.15) is 22.4 Å². The van der Waals surface area contributed by atoms with Crippen LogP contribution in [0.25, 0.3) is 0 Å². The molecule has 4 atom stereocenters. The number of hydrogen-bond donors (Lipinski definition) is 7. The number of anilines is 1. The van der Waals surface area contributed by atoms with Crippen LogP contribution in [0.15, 0.2) is 0 Å². The van der Waals surface area contributed by atoms with Crippen LogP contribution in [-0.2, 0) is 13.8 Å². The van der Waals surface area contributed by atoms with Crippen LogP contribution >= 0.6 is 7.82 Å². The highest BCUT2D eigenvalue weighted by molar-refractivity contribution is 7.46. The first-order chi connectivity index (χ1) is 10.1. The number of carbonyl (C=O) groups is 1. The molecule has 1 aromatic rings. The molecule has 0 aliphatic carbocycles. The van der Waals surface area contributed by atoms with E-state index < -0.39 is 50.5 Å². The fourth-order valence-corrected chi connectivity index (χ4v) is 2.33. The van der Waals surface area contributed by atoms with Gasteiger partial charge in [-0.2, -0.15) is 0 Å². The molecule has 1 fully saturated rings. The number of aliphatic hydroxyl groups is 2. The van der Waals surface area contributed by atoms with Crippen molar-refractivity contribution in [2.75, 3.05) is 12.3 Å². The summed E-state index contributed by atoms with van der Waals surface area (Å²) in [5.41, 5.74) is 4.98. The highest BCUT2D eigenvalue weighted by atomic mass is 31.2. The standard InChI is InChI=1S/C9H14N3O9P/c10-7-3(9(15)16)11-8(12-7)6-5(14)4(13)2(21-6)1-20-22(17,18)19/h2,4-6,13-14H,1,10H2,(H,11,12)(H,15,16)(H2,17,18,19)/t2-,4-,5-,6?/m1/s1. The number of aromatic carboxylic acids is 1. The Morgan fingerprint density at radius 1 is 1.41 bits per heavy atom. The van der Waals surface area contributed by atoms with E-state index in [1.807, 2.05) is 0 Å². The van der Waals surface area contributed by atoms with Crippen molar-refractivity contribution in [1.29, 1.82) is 0 Å². The van der Waals surface area contributed by atoms with Crippen LogP contribution in [0.2, 0.25) is 0 Å². The lowest BCUT2D eigenvalue weighted by atomic mass is 10.1. The fraction of sp³-hybridized carbons (Fsp3) is 0.556. The number of imidazole rings is 1. The number of phosphoric acid groups is 1. The molecule has 22 heavy (non-hydrogen) atoms. The predicted octanol–water partition coefficient (Wildman–Crippen LogP) is -2.04. The van der Waals surface area contributed by atoms with Crippen LogP contribution in [0.3, 0.4) is 0 Å².